The van der Waals surface area contributed by atoms with E-state index in [9.17, 15) is 9.90 Å². The van der Waals surface area contributed by atoms with E-state index in [1.165, 1.54) is 11.3 Å². The number of anilines is 2. The topological polar surface area (TPSA) is 78.3 Å². The van der Waals surface area contributed by atoms with Gasteiger partial charge in [0.1, 0.15) is 0 Å². The highest BCUT2D eigenvalue weighted by Crippen LogP contribution is 2.28. The molecule has 7 heteroatoms. The molecule has 0 aliphatic carbocycles. The van der Waals surface area contributed by atoms with Crippen molar-refractivity contribution in [1.29, 1.82) is 0 Å². The van der Waals surface area contributed by atoms with Crippen LogP contribution in [0.5, 0.6) is 0 Å². The number of hydrogen-bond acceptors (Lipinski definition) is 6. The van der Waals surface area contributed by atoms with E-state index in [0.29, 0.717) is 5.95 Å². The number of likely N-dealkylation sites (tertiary alicyclic amines) is 1. The van der Waals surface area contributed by atoms with Crippen LogP contribution in [0.25, 0.3) is 10.6 Å². The van der Waals surface area contributed by atoms with E-state index in [1.54, 1.807) is 13.1 Å². The van der Waals surface area contributed by atoms with Crippen LogP contribution < -0.4 is 5.32 Å². The lowest BCUT2D eigenvalue weighted by molar-refractivity contribution is 0.0793. The third-order valence-electron chi connectivity index (χ3n) is 4.80. The van der Waals surface area contributed by atoms with E-state index >= 15 is 0 Å². The van der Waals surface area contributed by atoms with Crippen LogP contribution in [0.2, 0.25) is 0 Å². The van der Waals surface area contributed by atoms with E-state index in [2.05, 4.69) is 15.3 Å². The Morgan fingerprint density at radius 3 is 2.68 bits per heavy atom. The Bertz CT molecular complexity index is 963. The molecule has 144 valence electrons. The van der Waals surface area contributed by atoms with Crippen molar-refractivity contribution in [3.8, 4) is 10.6 Å². The molecule has 3 aromatic rings. The minimum atomic E-state index is -0.495. The van der Waals surface area contributed by atoms with Crippen molar-refractivity contribution >= 4 is 28.9 Å². The monoisotopic (exact) mass is 394 g/mol. The van der Waals surface area contributed by atoms with Gasteiger partial charge < -0.3 is 15.3 Å². The number of amides is 1. The lowest BCUT2D eigenvalue weighted by Gasteiger charge is -2.13. The fourth-order valence-electron chi connectivity index (χ4n) is 3.22. The van der Waals surface area contributed by atoms with E-state index in [4.69, 9.17) is 0 Å². The van der Waals surface area contributed by atoms with E-state index < -0.39 is 6.10 Å². The molecule has 1 fully saturated rings. The first-order chi connectivity index (χ1) is 13.6. The zero-order chi connectivity index (χ0) is 19.5. The minimum absolute atomic E-state index is 0.102. The van der Waals surface area contributed by atoms with Crippen molar-refractivity contribution in [2.45, 2.75) is 25.9 Å². The molecule has 0 saturated carbocycles. The van der Waals surface area contributed by atoms with Gasteiger partial charge in [-0.1, -0.05) is 12.1 Å². The number of carbonyl (C=O) groups excluding carboxylic acids is 1. The molecule has 1 aliphatic rings. The summed E-state index contributed by atoms with van der Waals surface area (Å²) < 4.78 is 0. The number of aliphatic hydroxyl groups is 1. The number of rotatable bonds is 5. The first-order valence-electron chi connectivity index (χ1n) is 9.36. The van der Waals surface area contributed by atoms with Crippen LogP contribution in [0, 0.1) is 0 Å². The number of aromatic nitrogens is 2. The molecule has 2 N–H and O–H groups in total. The first kappa shape index (κ1) is 18.6. The highest BCUT2D eigenvalue weighted by atomic mass is 32.1. The lowest BCUT2D eigenvalue weighted by Crippen LogP contribution is -2.27. The van der Waals surface area contributed by atoms with Crippen LogP contribution in [0.1, 0.15) is 41.8 Å². The molecule has 2 aromatic heterocycles. The molecule has 1 aliphatic heterocycles. The number of nitrogens with zero attached hydrogens (tertiary/aromatic N) is 3. The van der Waals surface area contributed by atoms with Crippen molar-refractivity contribution in [2.75, 3.05) is 18.4 Å². The van der Waals surface area contributed by atoms with Gasteiger partial charge in [0, 0.05) is 30.4 Å². The summed E-state index contributed by atoms with van der Waals surface area (Å²) in [4.78, 5) is 24.3. The fourth-order valence-corrected chi connectivity index (χ4v) is 4.07. The molecule has 0 bridgehead atoms. The smallest absolute Gasteiger partial charge is 0.254 e. The van der Waals surface area contributed by atoms with Gasteiger partial charge in [0.15, 0.2) is 0 Å². The van der Waals surface area contributed by atoms with Crippen molar-refractivity contribution in [3.63, 3.8) is 0 Å². The highest BCUT2D eigenvalue weighted by Gasteiger charge is 2.21. The van der Waals surface area contributed by atoms with Gasteiger partial charge in [-0.3, -0.25) is 4.79 Å². The molecule has 1 amide bonds. The molecule has 0 spiro atoms. The summed E-state index contributed by atoms with van der Waals surface area (Å²) in [6.07, 6.45) is 3.38. The first-order valence-corrected chi connectivity index (χ1v) is 10.2. The normalized spacial score (nSPS) is 14.9. The minimum Gasteiger partial charge on any atom is -0.389 e. The lowest BCUT2D eigenvalue weighted by atomic mass is 10.1. The van der Waals surface area contributed by atoms with Crippen molar-refractivity contribution in [3.05, 3.63) is 59.1 Å². The molecule has 1 unspecified atom stereocenters. The Kier molecular flexibility index (Phi) is 5.36. The predicted octanol–water partition coefficient (Wildman–Crippen LogP) is 4.24. The molecule has 0 radical (unpaired) electrons. The van der Waals surface area contributed by atoms with Crippen LogP contribution >= 0.6 is 11.3 Å². The number of aliphatic hydroxyl groups excluding tert-OH is 1. The summed E-state index contributed by atoms with van der Waals surface area (Å²) in [6, 6.07) is 11.3. The number of thiophene rings is 1. The summed E-state index contributed by atoms with van der Waals surface area (Å²) >= 11 is 1.52. The average Bonchev–Trinajstić information content (AvgIpc) is 3.40. The van der Waals surface area contributed by atoms with Gasteiger partial charge in [-0.15, -0.1) is 11.3 Å². The maximum absolute atomic E-state index is 12.5. The van der Waals surface area contributed by atoms with Gasteiger partial charge in [-0.25, -0.2) is 9.97 Å². The van der Waals surface area contributed by atoms with Crippen LogP contribution in [0.4, 0.5) is 11.6 Å². The Morgan fingerprint density at radius 1 is 1.21 bits per heavy atom. The Balaban J connectivity index is 1.50. The van der Waals surface area contributed by atoms with Gasteiger partial charge in [-0.05, 0) is 49.6 Å². The molecular formula is C21H22N4O2S. The van der Waals surface area contributed by atoms with Gasteiger partial charge in [0.25, 0.3) is 5.91 Å². The maximum Gasteiger partial charge on any atom is 0.254 e. The number of hydrogen-bond donors (Lipinski definition) is 2. The van der Waals surface area contributed by atoms with E-state index in [0.717, 1.165) is 53.3 Å². The SMILES string of the molecule is CC(O)c1ccc(Nc2nccc(-c3cc(C(=O)N4CCCC4)cs3)n2)cc1. The molecule has 4 rings (SSSR count). The zero-order valence-electron chi connectivity index (χ0n) is 15.6. The second kappa shape index (κ2) is 8.08. The van der Waals surface area contributed by atoms with Gasteiger partial charge in [0.2, 0.25) is 5.95 Å². The summed E-state index contributed by atoms with van der Waals surface area (Å²) in [5.74, 6) is 0.591. The van der Waals surface area contributed by atoms with Crippen molar-refractivity contribution < 1.29 is 9.90 Å². The molecule has 3 heterocycles. The van der Waals surface area contributed by atoms with Crippen LogP contribution in [0.3, 0.4) is 0 Å². The fraction of sp³-hybridized carbons (Fsp3) is 0.286. The molecule has 6 nitrogen and oxygen atoms in total. The third kappa shape index (κ3) is 4.05. The summed E-state index contributed by atoms with van der Waals surface area (Å²) in [6.45, 7) is 3.43. The van der Waals surface area contributed by atoms with Crippen molar-refractivity contribution in [1.82, 2.24) is 14.9 Å². The largest absolute Gasteiger partial charge is 0.389 e. The van der Waals surface area contributed by atoms with Gasteiger partial charge >= 0.3 is 0 Å². The average molecular weight is 395 g/mol. The second-order valence-corrected chi connectivity index (χ2v) is 7.80. The zero-order valence-corrected chi connectivity index (χ0v) is 16.4. The molecule has 28 heavy (non-hydrogen) atoms. The van der Waals surface area contributed by atoms with Gasteiger partial charge in [0.05, 0.1) is 22.2 Å². The summed E-state index contributed by atoms with van der Waals surface area (Å²) in [5, 5.41) is 14.7. The van der Waals surface area contributed by atoms with Crippen LogP contribution in [0.15, 0.2) is 48.0 Å². The third-order valence-corrected chi connectivity index (χ3v) is 5.75. The summed E-state index contributed by atoms with van der Waals surface area (Å²) in [5.41, 5.74) is 3.21. The quantitative estimate of drug-likeness (QED) is 0.677. The summed E-state index contributed by atoms with van der Waals surface area (Å²) in [7, 11) is 0. The molecular weight excluding hydrogens is 372 g/mol. The van der Waals surface area contributed by atoms with Crippen LogP contribution in [-0.4, -0.2) is 39.0 Å². The highest BCUT2D eigenvalue weighted by molar-refractivity contribution is 7.13. The van der Waals surface area contributed by atoms with Gasteiger partial charge in [-0.2, -0.15) is 0 Å². The van der Waals surface area contributed by atoms with E-state index in [-0.39, 0.29) is 5.91 Å². The second-order valence-electron chi connectivity index (χ2n) is 6.89. The molecule has 1 atom stereocenters. The Labute approximate surface area is 167 Å². The standard InChI is InChI=1S/C21H22N4O2S/c1-14(26)15-4-6-17(7-5-15)23-21-22-9-8-18(24-21)19-12-16(13-28-19)20(27)25-10-2-3-11-25/h4-9,12-14,26H,2-3,10-11H2,1H3,(H,22,23,24). The number of nitrogens with one attached hydrogen (secondary N) is 1. The van der Waals surface area contributed by atoms with Crippen LogP contribution in [-0.2, 0) is 0 Å². The Hall–Kier alpha value is -2.77. The van der Waals surface area contributed by atoms with Crippen molar-refractivity contribution in [2.24, 2.45) is 0 Å². The molecule has 1 saturated heterocycles. The molecule has 1 aromatic carbocycles. The Morgan fingerprint density at radius 2 is 1.96 bits per heavy atom. The number of benzene rings is 1. The van der Waals surface area contributed by atoms with E-state index in [1.807, 2.05) is 46.7 Å². The maximum atomic E-state index is 12.5. The predicted molar refractivity (Wildman–Crippen MR) is 111 cm³/mol. The number of carbonyl (C=O) groups is 1.